The van der Waals surface area contributed by atoms with E-state index in [4.69, 9.17) is 0 Å². The van der Waals surface area contributed by atoms with Gasteiger partial charge in [0.25, 0.3) is 5.69 Å². The van der Waals surface area contributed by atoms with Gasteiger partial charge in [0.05, 0.1) is 8.49 Å². The van der Waals surface area contributed by atoms with Crippen LogP contribution >= 0.6 is 22.6 Å². The van der Waals surface area contributed by atoms with Crippen LogP contribution in [0.15, 0.2) is 12.1 Å². The second-order valence-corrected chi connectivity index (χ2v) is 5.73. The lowest BCUT2D eigenvalue weighted by atomic mass is 10.1. The van der Waals surface area contributed by atoms with Gasteiger partial charge >= 0.3 is 0 Å². The van der Waals surface area contributed by atoms with Crippen molar-refractivity contribution < 1.29 is 9.31 Å². The first-order valence-corrected chi connectivity index (χ1v) is 7.03. The molecule has 98 valence electrons. The van der Waals surface area contributed by atoms with Crippen LogP contribution in [-0.2, 0) is 0 Å². The highest BCUT2D eigenvalue weighted by atomic mass is 127. The van der Waals surface area contributed by atoms with Gasteiger partial charge in [0.2, 0.25) is 0 Å². The first kappa shape index (κ1) is 13.5. The Bertz CT molecular complexity index is 462. The monoisotopic (exact) mass is 364 g/mol. The summed E-state index contributed by atoms with van der Waals surface area (Å²) < 4.78 is 13.7. The molecule has 4 nitrogen and oxygen atoms in total. The van der Waals surface area contributed by atoms with Gasteiger partial charge in [-0.1, -0.05) is 12.8 Å². The molecule has 1 fully saturated rings. The molecule has 1 aliphatic carbocycles. The lowest BCUT2D eigenvalue weighted by molar-refractivity contribution is -0.384. The molecular formula is C12H14FIN2O2. The zero-order chi connectivity index (χ0) is 13.1. The van der Waals surface area contributed by atoms with E-state index in [1.807, 2.05) is 0 Å². The van der Waals surface area contributed by atoms with E-state index in [1.54, 1.807) is 22.6 Å². The van der Waals surface area contributed by atoms with Crippen LogP contribution in [0.2, 0.25) is 0 Å². The van der Waals surface area contributed by atoms with Crippen molar-refractivity contribution in [2.75, 3.05) is 11.9 Å². The largest absolute Gasteiger partial charge is 0.379 e. The molecule has 1 aliphatic rings. The van der Waals surface area contributed by atoms with Gasteiger partial charge in [0, 0.05) is 18.7 Å². The molecule has 1 N–H and O–H groups in total. The molecule has 0 heterocycles. The second-order valence-electron chi connectivity index (χ2n) is 4.57. The molecular weight excluding hydrogens is 350 g/mol. The lowest BCUT2D eigenvalue weighted by Gasteiger charge is -2.12. The van der Waals surface area contributed by atoms with Gasteiger partial charge in [0.15, 0.2) is 0 Å². The summed E-state index contributed by atoms with van der Waals surface area (Å²) in [5.41, 5.74) is 0.226. The minimum atomic E-state index is -0.474. The van der Waals surface area contributed by atoms with Crippen LogP contribution in [0.3, 0.4) is 0 Å². The van der Waals surface area contributed by atoms with Crippen molar-refractivity contribution in [3.63, 3.8) is 0 Å². The van der Waals surface area contributed by atoms with Crippen molar-refractivity contribution in [3.05, 3.63) is 31.6 Å². The Morgan fingerprint density at radius 3 is 2.72 bits per heavy atom. The van der Waals surface area contributed by atoms with Gasteiger partial charge in [0.1, 0.15) is 11.5 Å². The molecule has 0 aliphatic heterocycles. The fourth-order valence-corrected chi connectivity index (χ4v) is 2.75. The van der Waals surface area contributed by atoms with E-state index < -0.39 is 10.7 Å². The summed E-state index contributed by atoms with van der Waals surface area (Å²) in [4.78, 5) is 10.4. The van der Waals surface area contributed by atoms with Gasteiger partial charge in [-0.15, -0.1) is 0 Å². The predicted octanol–water partition coefficient (Wildman–Crippen LogP) is 3.94. The number of halogens is 2. The van der Waals surface area contributed by atoms with Crippen LogP contribution in [-0.4, -0.2) is 11.5 Å². The molecule has 18 heavy (non-hydrogen) atoms. The fourth-order valence-electron chi connectivity index (χ4n) is 2.30. The molecule has 0 spiro atoms. The van der Waals surface area contributed by atoms with Crippen molar-refractivity contribution in [1.82, 2.24) is 0 Å². The topological polar surface area (TPSA) is 55.2 Å². The highest BCUT2D eigenvalue weighted by Gasteiger charge is 2.20. The number of nitro groups is 1. The third-order valence-electron chi connectivity index (χ3n) is 3.29. The second kappa shape index (κ2) is 5.81. The number of benzene rings is 1. The van der Waals surface area contributed by atoms with Crippen LogP contribution in [0, 0.1) is 25.4 Å². The van der Waals surface area contributed by atoms with Crippen LogP contribution in [0.5, 0.6) is 0 Å². The molecule has 6 heteroatoms. The van der Waals surface area contributed by atoms with Crippen LogP contribution in [0.25, 0.3) is 0 Å². The van der Waals surface area contributed by atoms with Gasteiger partial charge in [-0.25, -0.2) is 4.39 Å². The average Bonchev–Trinajstić information content (AvgIpc) is 2.83. The molecule has 0 atom stereocenters. The molecule has 0 unspecified atom stereocenters. The van der Waals surface area contributed by atoms with Crippen molar-refractivity contribution in [2.45, 2.75) is 25.7 Å². The van der Waals surface area contributed by atoms with Crippen molar-refractivity contribution in [2.24, 2.45) is 5.92 Å². The molecule has 1 aromatic carbocycles. The number of rotatable bonds is 4. The normalized spacial score (nSPS) is 15.9. The number of nitro benzene ring substituents is 1. The highest BCUT2D eigenvalue weighted by Crippen LogP contribution is 2.30. The zero-order valence-corrected chi connectivity index (χ0v) is 11.9. The molecule has 0 saturated heterocycles. The predicted molar refractivity (Wildman–Crippen MR) is 76.2 cm³/mol. The van der Waals surface area contributed by atoms with E-state index in [1.165, 1.54) is 25.0 Å². The van der Waals surface area contributed by atoms with Crippen LogP contribution < -0.4 is 5.32 Å². The quantitative estimate of drug-likeness (QED) is 0.500. The number of nitrogens with one attached hydrogen (secondary N) is 1. The molecule has 1 aromatic rings. The Balaban J connectivity index is 2.14. The maximum absolute atomic E-state index is 13.5. The van der Waals surface area contributed by atoms with Gasteiger partial charge in [-0.2, -0.15) is 0 Å². The van der Waals surface area contributed by atoms with E-state index in [0.29, 0.717) is 12.5 Å². The summed E-state index contributed by atoms with van der Waals surface area (Å²) in [6.45, 7) is 0.681. The van der Waals surface area contributed by atoms with E-state index in [2.05, 4.69) is 5.32 Å². The number of hydrogen-bond donors (Lipinski definition) is 1. The SMILES string of the molecule is O=[N+]([O-])c1cc(I)c(F)cc1NCC1CCCC1. The number of nitrogens with zero attached hydrogens (tertiary/aromatic N) is 1. The highest BCUT2D eigenvalue weighted by molar-refractivity contribution is 14.1. The van der Waals surface area contributed by atoms with E-state index in [-0.39, 0.29) is 14.9 Å². The number of anilines is 1. The summed E-state index contributed by atoms with van der Waals surface area (Å²) in [7, 11) is 0. The van der Waals surface area contributed by atoms with E-state index in [0.717, 1.165) is 12.8 Å². The summed E-state index contributed by atoms with van der Waals surface area (Å²) in [6, 6.07) is 2.49. The minimum absolute atomic E-state index is 0.0567. The third-order valence-corrected chi connectivity index (χ3v) is 4.12. The lowest BCUT2D eigenvalue weighted by Crippen LogP contribution is -2.12. The Hall–Kier alpha value is -0.920. The molecule has 0 amide bonds. The standard InChI is InChI=1S/C12H14FIN2O2/c13-9-5-11(12(16(17)18)6-10(9)14)15-7-8-3-1-2-4-8/h5-6,8,15H,1-4,7H2. The van der Waals surface area contributed by atoms with Crippen molar-refractivity contribution in [3.8, 4) is 0 Å². The first-order chi connectivity index (χ1) is 8.58. The third kappa shape index (κ3) is 3.09. The Morgan fingerprint density at radius 2 is 2.11 bits per heavy atom. The Labute approximate surface area is 118 Å². The Morgan fingerprint density at radius 1 is 1.44 bits per heavy atom. The van der Waals surface area contributed by atoms with Crippen molar-refractivity contribution in [1.29, 1.82) is 0 Å². The number of hydrogen-bond acceptors (Lipinski definition) is 3. The van der Waals surface area contributed by atoms with Crippen LogP contribution in [0.4, 0.5) is 15.8 Å². The average molecular weight is 364 g/mol. The fraction of sp³-hybridized carbons (Fsp3) is 0.500. The summed E-state index contributed by atoms with van der Waals surface area (Å²) in [6.07, 6.45) is 4.73. The van der Waals surface area contributed by atoms with Gasteiger partial charge in [-0.3, -0.25) is 10.1 Å². The maximum Gasteiger partial charge on any atom is 0.293 e. The molecule has 0 radical (unpaired) electrons. The smallest absolute Gasteiger partial charge is 0.293 e. The summed E-state index contributed by atoms with van der Waals surface area (Å²) in [5, 5.41) is 13.9. The maximum atomic E-state index is 13.5. The molecule has 1 saturated carbocycles. The van der Waals surface area contributed by atoms with Gasteiger partial charge < -0.3 is 5.32 Å². The molecule has 0 bridgehead atoms. The first-order valence-electron chi connectivity index (χ1n) is 5.95. The van der Waals surface area contributed by atoms with E-state index in [9.17, 15) is 14.5 Å². The molecule has 2 rings (SSSR count). The Kier molecular flexibility index (Phi) is 4.36. The van der Waals surface area contributed by atoms with Crippen molar-refractivity contribution >= 4 is 34.0 Å². The zero-order valence-electron chi connectivity index (χ0n) is 9.79. The minimum Gasteiger partial charge on any atom is -0.379 e. The molecule has 0 aromatic heterocycles. The summed E-state index contributed by atoms with van der Waals surface area (Å²) >= 11 is 1.76. The summed E-state index contributed by atoms with van der Waals surface area (Å²) in [5.74, 6) is 0.127. The van der Waals surface area contributed by atoms with Gasteiger partial charge in [-0.05, 0) is 41.4 Å². The van der Waals surface area contributed by atoms with Crippen LogP contribution in [0.1, 0.15) is 25.7 Å². The van der Waals surface area contributed by atoms with E-state index >= 15 is 0 Å².